The van der Waals surface area contributed by atoms with E-state index in [0.29, 0.717) is 0 Å². The van der Waals surface area contributed by atoms with Gasteiger partial charge in [-0.1, -0.05) is 32.4 Å². The Balaban J connectivity index is 1.89. The third kappa shape index (κ3) is 3.51. The fraction of sp³-hybridized carbons (Fsp3) is 0.647. The molecule has 0 unspecified atom stereocenters. The number of benzene rings is 1. The van der Waals surface area contributed by atoms with Crippen molar-refractivity contribution >= 4 is 0 Å². The fourth-order valence-electron chi connectivity index (χ4n) is 2.96. The summed E-state index contributed by atoms with van der Waals surface area (Å²) in [4.78, 5) is 0. The summed E-state index contributed by atoms with van der Waals surface area (Å²) in [7, 11) is 0. The fourth-order valence-corrected chi connectivity index (χ4v) is 2.96. The molecule has 100 valence electrons. The summed E-state index contributed by atoms with van der Waals surface area (Å²) in [6.07, 6.45) is 7.99. The van der Waals surface area contributed by atoms with Crippen molar-refractivity contribution < 1.29 is 4.74 Å². The molecule has 1 aliphatic rings. The van der Waals surface area contributed by atoms with E-state index in [9.17, 15) is 0 Å². The first-order chi connectivity index (χ1) is 8.83. The highest BCUT2D eigenvalue weighted by Crippen LogP contribution is 2.37. The molecule has 1 aromatic rings. The molecule has 18 heavy (non-hydrogen) atoms. The summed E-state index contributed by atoms with van der Waals surface area (Å²) in [5.74, 6) is 2.78. The molecule has 1 nitrogen and oxygen atoms in total. The zero-order valence-electron chi connectivity index (χ0n) is 11.8. The van der Waals surface area contributed by atoms with Gasteiger partial charge in [0.2, 0.25) is 0 Å². The van der Waals surface area contributed by atoms with Crippen LogP contribution in [0, 0.1) is 5.92 Å². The molecular formula is C17H26O. The highest BCUT2D eigenvalue weighted by molar-refractivity contribution is 5.29. The van der Waals surface area contributed by atoms with Gasteiger partial charge in [-0.15, -0.1) is 0 Å². The summed E-state index contributed by atoms with van der Waals surface area (Å²) in [6.45, 7) is 5.28. The molecule has 1 heteroatoms. The second-order valence-electron chi connectivity index (χ2n) is 5.54. The molecule has 1 aromatic carbocycles. The number of rotatable bonds is 5. The molecule has 0 amide bonds. The minimum atomic E-state index is 0.785. The average Bonchev–Trinajstić information content (AvgIpc) is 2.46. The minimum Gasteiger partial charge on any atom is -0.494 e. The first-order valence-electron chi connectivity index (χ1n) is 7.56. The van der Waals surface area contributed by atoms with E-state index >= 15 is 0 Å². The number of hydrogen-bond acceptors (Lipinski definition) is 1. The molecule has 2 rings (SSSR count). The van der Waals surface area contributed by atoms with Gasteiger partial charge in [0, 0.05) is 0 Å². The van der Waals surface area contributed by atoms with Gasteiger partial charge in [-0.05, 0) is 61.6 Å². The standard InChI is InChI=1S/C17H26O/c1-3-13-18-17-11-9-16(10-12-17)15-7-5-14(4-2)6-8-15/h9-12,14-15H,3-8,13H2,1-2H3. The maximum absolute atomic E-state index is 5.63. The molecule has 0 bridgehead atoms. The monoisotopic (exact) mass is 246 g/mol. The molecule has 0 aromatic heterocycles. The maximum Gasteiger partial charge on any atom is 0.119 e. The summed E-state index contributed by atoms with van der Waals surface area (Å²) in [5, 5.41) is 0. The Morgan fingerprint density at radius 2 is 1.67 bits per heavy atom. The van der Waals surface area contributed by atoms with E-state index in [1.807, 2.05) is 0 Å². The van der Waals surface area contributed by atoms with Crippen LogP contribution in [0.25, 0.3) is 0 Å². The van der Waals surface area contributed by atoms with Gasteiger partial charge in [0.15, 0.2) is 0 Å². The van der Waals surface area contributed by atoms with Crippen LogP contribution in [0.3, 0.4) is 0 Å². The van der Waals surface area contributed by atoms with Gasteiger partial charge < -0.3 is 4.74 Å². The predicted octanol–water partition coefficient (Wildman–Crippen LogP) is 5.16. The van der Waals surface area contributed by atoms with Gasteiger partial charge in [-0.3, -0.25) is 0 Å². The van der Waals surface area contributed by atoms with Gasteiger partial charge in [0.25, 0.3) is 0 Å². The lowest BCUT2D eigenvalue weighted by atomic mass is 9.78. The lowest BCUT2D eigenvalue weighted by molar-refractivity contribution is 0.313. The molecular weight excluding hydrogens is 220 g/mol. The van der Waals surface area contributed by atoms with Crippen LogP contribution in [0.5, 0.6) is 5.75 Å². The Morgan fingerprint density at radius 3 is 2.22 bits per heavy atom. The molecule has 0 saturated heterocycles. The van der Waals surface area contributed by atoms with Crippen LogP contribution < -0.4 is 4.74 Å². The first kappa shape index (κ1) is 13.5. The van der Waals surface area contributed by atoms with E-state index in [2.05, 4.69) is 38.1 Å². The minimum absolute atomic E-state index is 0.785. The van der Waals surface area contributed by atoms with Crippen LogP contribution in [-0.2, 0) is 0 Å². The SMILES string of the molecule is CCCOc1ccc(C2CCC(CC)CC2)cc1. The molecule has 0 radical (unpaired) electrons. The lowest BCUT2D eigenvalue weighted by Gasteiger charge is -2.28. The van der Waals surface area contributed by atoms with E-state index in [-0.39, 0.29) is 0 Å². The molecule has 1 fully saturated rings. The van der Waals surface area contributed by atoms with Gasteiger partial charge in [-0.25, -0.2) is 0 Å². The number of hydrogen-bond donors (Lipinski definition) is 0. The third-order valence-corrected chi connectivity index (χ3v) is 4.25. The maximum atomic E-state index is 5.63. The van der Waals surface area contributed by atoms with Crippen molar-refractivity contribution in [2.45, 2.75) is 58.3 Å². The van der Waals surface area contributed by atoms with Crippen molar-refractivity contribution in [2.24, 2.45) is 5.92 Å². The van der Waals surface area contributed by atoms with Crippen molar-refractivity contribution in [3.8, 4) is 5.75 Å². The van der Waals surface area contributed by atoms with E-state index in [4.69, 9.17) is 4.74 Å². The van der Waals surface area contributed by atoms with Gasteiger partial charge in [-0.2, -0.15) is 0 Å². The zero-order valence-corrected chi connectivity index (χ0v) is 11.8. The van der Waals surface area contributed by atoms with Gasteiger partial charge in [0.1, 0.15) is 5.75 Å². The van der Waals surface area contributed by atoms with E-state index in [0.717, 1.165) is 30.6 Å². The molecule has 1 aliphatic carbocycles. The lowest BCUT2D eigenvalue weighted by Crippen LogP contribution is -2.12. The average molecular weight is 246 g/mol. The van der Waals surface area contributed by atoms with Crippen LogP contribution in [0.4, 0.5) is 0 Å². The Labute approximate surface area is 112 Å². The molecule has 0 N–H and O–H groups in total. The van der Waals surface area contributed by atoms with Crippen molar-refractivity contribution in [3.63, 3.8) is 0 Å². The summed E-state index contributed by atoms with van der Waals surface area (Å²) < 4.78 is 5.63. The largest absolute Gasteiger partial charge is 0.494 e. The molecule has 1 saturated carbocycles. The Kier molecular flexibility index (Phi) is 5.10. The van der Waals surface area contributed by atoms with E-state index in [1.165, 1.54) is 37.7 Å². The summed E-state index contributed by atoms with van der Waals surface area (Å²) >= 11 is 0. The quantitative estimate of drug-likeness (QED) is 0.697. The van der Waals surface area contributed by atoms with Crippen molar-refractivity contribution in [1.82, 2.24) is 0 Å². The van der Waals surface area contributed by atoms with Crippen molar-refractivity contribution in [2.75, 3.05) is 6.61 Å². The topological polar surface area (TPSA) is 9.23 Å². The third-order valence-electron chi connectivity index (χ3n) is 4.25. The Hall–Kier alpha value is -0.980. The highest BCUT2D eigenvalue weighted by Gasteiger charge is 2.20. The first-order valence-corrected chi connectivity index (χ1v) is 7.56. The van der Waals surface area contributed by atoms with Crippen LogP contribution in [0.1, 0.15) is 63.9 Å². The molecule has 0 spiro atoms. The summed E-state index contributed by atoms with van der Waals surface area (Å²) in [6, 6.07) is 8.80. The van der Waals surface area contributed by atoms with Crippen LogP contribution in [-0.4, -0.2) is 6.61 Å². The Bertz CT molecular complexity index is 333. The highest BCUT2D eigenvalue weighted by atomic mass is 16.5. The van der Waals surface area contributed by atoms with Crippen molar-refractivity contribution in [3.05, 3.63) is 29.8 Å². The summed E-state index contributed by atoms with van der Waals surface area (Å²) in [5.41, 5.74) is 1.51. The van der Waals surface area contributed by atoms with Gasteiger partial charge in [0.05, 0.1) is 6.61 Å². The second-order valence-corrected chi connectivity index (χ2v) is 5.54. The second kappa shape index (κ2) is 6.82. The van der Waals surface area contributed by atoms with E-state index < -0.39 is 0 Å². The molecule has 0 heterocycles. The molecule has 0 atom stereocenters. The number of ether oxygens (including phenoxy) is 1. The smallest absolute Gasteiger partial charge is 0.119 e. The zero-order chi connectivity index (χ0) is 12.8. The normalized spacial score (nSPS) is 23.9. The van der Waals surface area contributed by atoms with E-state index in [1.54, 1.807) is 0 Å². The van der Waals surface area contributed by atoms with Crippen LogP contribution >= 0.6 is 0 Å². The molecule has 0 aliphatic heterocycles. The Morgan fingerprint density at radius 1 is 1.00 bits per heavy atom. The van der Waals surface area contributed by atoms with Crippen LogP contribution in [0.2, 0.25) is 0 Å². The van der Waals surface area contributed by atoms with Crippen LogP contribution in [0.15, 0.2) is 24.3 Å². The van der Waals surface area contributed by atoms with Gasteiger partial charge >= 0.3 is 0 Å². The van der Waals surface area contributed by atoms with Crippen molar-refractivity contribution in [1.29, 1.82) is 0 Å². The predicted molar refractivity (Wildman–Crippen MR) is 77.2 cm³/mol.